The van der Waals surface area contributed by atoms with E-state index in [9.17, 15) is 0 Å². The first-order valence-electron chi connectivity index (χ1n) is 5.96. The second-order valence-corrected chi connectivity index (χ2v) is 4.15. The summed E-state index contributed by atoms with van der Waals surface area (Å²) in [6, 6.07) is 11.9. The van der Waals surface area contributed by atoms with Gasteiger partial charge in [-0.25, -0.2) is 4.98 Å². The second kappa shape index (κ2) is 4.14. The quantitative estimate of drug-likeness (QED) is 0.746. The Morgan fingerprint density at radius 3 is 2.72 bits per heavy atom. The molecule has 0 saturated carbocycles. The Morgan fingerprint density at radius 2 is 2.00 bits per heavy atom. The molecule has 2 heterocycles. The molecule has 0 spiro atoms. The summed E-state index contributed by atoms with van der Waals surface area (Å²) < 4.78 is 2.16. The van der Waals surface area contributed by atoms with Gasteiger partial charge in [0, 0.05) is 6.54 Å². The van der Waals surface area contributed by atoms with Crippen LogP contribution in [0.3, 0.4) is 0 Å². The highest BCUT2D eigenvalue weighted by molar-refractivity contribution is 5.80. The van der Waals surface area contributed by atoms with Crippen molar-refractivity contribution in [1.29, 1.82) is 0 Å². The zero-order valence-corrected chi connectivity index (χ0v) is 10.2. The van der Waals surface area contributed by atoms with Crippen molar-refractivity contribution in [3.05, 3.63) is 42.6 Å². The molecule has 4 nitrogen and oxygen atoms in total. The lowest BCUT2D eigenvalue weighted by Crippen LogP contribution is -1.99. The van der Waals surface area contributed by atoms with Gasteiger partial charge >= 0.3 is 0 Å². The number of imidazole rings is 1. The summed E-state index contributed by atoms with van der Waals surface area (Å²) in [5.74, 6) is 0.888. The summed E-state index contributed by atoms with van der Waals surface area (Å²) in [7, 11) is 0. The Hall–Kier alpha value is -2.36. The van der Waals surface area contributed by atoms with Crippen LogP contribution in [0.1, 0.15) is 6.92 Å². The summed E-state index contributed by atoms with van der Waals surface area (Å²) in [6.45, 7) is 2.97. The predicted octanol–water partition coefficient (Wildman–Crippen LogP) is 2.70. The molecule has 2 N–H and O–H groups in total. The van der Waals surface area contributed by atoms with Gasteiger partial charge in [0.1, 0.15) is 5.69 Å². The number of pyridine rings is 1. The minimum absolute atomic E-state index is 0.665. The third kappa shape index (κ3) is 1.62. The van der Waals surface area contributed by atoms with Gasteiger partial charge in [-0.15, -0.1) is 0 Å². The van der Waals surface area contributed by atoms with Gasteiger partial charge in [-0.1, -0.05) is 12.1 Å². The van der Waals surface area contributed by atoms with Gasteiger partial charge in [-0.3, -0.25) is 4.98 Å². The highest BCUT2D eigenvalue weighted by atomic mass is 15.1. The molecule has 1 aromatic carbocycles. The fraction of sp³-hybridized carbons (Fsp3) is 0.143. The van der Waals surface area contributed by atoms with Crippen LogP contribution in [0.25, 0.3) is 22.6 Å². The van der Waals surface area contributed by atoms with Crippen molar-refractivity contribution >= 4 is 16.7 Å². The maximum absolute atomic E-state index is 5.66. The van der Waals surface area contributed by atoms with Gasteiger partial charge in [0.05, 0.1) is 22.9 Å². The summed E-state index contributed by atoms with van der Waals surface area (Å²) in [6.07, 6.45) is 1.66. The van der Waals surface area contributed by atoms with Crippen LogP contribution in [0.5, 0.6) is 0 Å². The van der Waals surface area contributed by atoms with Gasteiger partial charge in [0.2, 0.25) is 0 Å². The Bertz CT molecular complexity index is 683. The number of nitrogens with zero attached hydrogens (tertiary/aromatic N) is 3. The second-order valence-electron chi connectivity index (χ2n) is 4.15. The maximum Gasteiger partial charge on any atom is 0.159 e. The lowest BCUT2D eigenvalue weighted by molar-refractivity contribution is 0.793. The molecule has 0 amide bonds. The predicted molar refractivity (Wildman–Crippen MR) is 73.1 cm³/mol. The molecule has 0 aliphatic heterocycles. The highest BCUT2D eigenvalue weighted by Crippen LogP contribution is 2.23. The van der Waals surface area contributed by atoms with Gasteiger partial charge in [0.15, 0.2) is 5.82 Å². The molecule has 0 unspecified atom stereocenters. The van der Waals surface area contributed by atoms with Crippen molar-refractivity contribution in [2.45, 2.75) is 13.5 Å². The first kappa shape index (κ1) is 10.8. The van der Waals surface area contributed by atoms with E-state index in [0.717, 1.165) is 29.1 Å². The van der Waals surface area contributed by atoms with Gasteiger partial charge in [-0.05, 0) is 31.2 Å². The van der Waals surface area contributed by atoms with E-state index in [-0.39, 0.29) is 0 Å². The zero-order valence-electron chi connectivity index (χ0n) is 10.2. The number of aryl methyl sites for hydroxylation is 1. The number of rotatable bonds is 2. The molecule has 0 radical (unpaired) electrons. The fourth-order valence-electron chi connectivity index (χ4n) is 2.13. The van der Waals surface area contributed by atoms with Crippen LogP contribution in [0, 0.1) is 0 Å². The number of para-hydroxylation sites is 2. The molecule has 0 saturated heterocycles. The summed E-state index contributed by atoms with van der Waals surface area (Å²) in [5, 5.41) is 0. The standard InChI is InChI=1S/C14H14N4/c1-2-18-13-6-4-3-5-11(13)17-14(18)12-8-7-10(15)9-16-12/h3-9H,2,15H2,1H3. The molecular formula is C14H14N4. The minimum atomic E-state index is 0.665. The van der Waals surface area contributed by atoms with Crippen molar-refractivity contribution < 1.29 is 0 Å². The molecule has 0 aliphatic carbocycles. The summed E-state index contributed by atoms with van der Waals surface area (Å²) in [5.41, 5.74) is 9.30. The monoisotopic (exact) mass is 238 g/mol. The molecule has 0 fully saturated rings. The number of nitrogens with two attached hydrogens (primary N) is 1. The number of benzene rings is 1. The first-order valence-corrected chi connectivity index (χ1v) is 5.96. The van der Waals surface area contributed by atoms with E-state index in [2.05, 4.69) is 27.5 Å². The van der Waals surface area contributed by atoms with Crippen molar-refractivity contribution in [3.63, 3.8) is 0 Å². The van der Waals surface area contributed by atoms with Gasteiger partial charge in [-0.2, -0.15) is 0 Å². The van der Waals surface area contributed by atoms with Crippen LogP contribution >= 0.6 is 0 Å². The van der Waals surface area contributed by atoms with E-state index >= 15 is 0 Å². The summed E-state index contributed by atoms with van der Waals surface area (Å²) in [4.78, 5) is 8.99. The molecule has 90 valence electrons. The molecule has 18 heavy (non-hydrogen) atoms. The molecule has 0 aliphatic rings. The Balaban J connectivity index is 2.25. The number of hydrogen-bond donors (Lipinski definition) is 1. The third-order valence-electron chi connectivity index (χ3n) is 2.99. The Morgan fingerprint density at radius 1 is 1.17 bits per heavy atom. The van der Waals surface area contributed by atoms with E-state index in [1.165, 1.54) is 0 Å². The average Bonchev–Trinajstić information content (AvgIpc) is 2.78. The van der Waals surface area contributed by atoms with Crippen LogP contribution in [-0.4, -0.2) is 14.5 Å². The van der Waals surface area contributed by atoms with E-state index in [1.54, 1.807) is 6.20 Å². The number of hydrogen-bond acceptors (Lipinski definition) is 3. The maximum atomic E-state index is 5.66. The van der Waals surface area contributed by atoms with E-state index in [4.69, 9.17) is 5.73 Å². The minimum Gasteiger partial charge on any atom is -0.397 e. The van der Waals surface area contributed by atoms with Crippen LogP contribution in [0.2, 0.25) is 0 Å². The normalized spacial score (nSPS) is 10.9. The van der Waals surface area contributed by atoms with Crippen LogP contribution < -0.4 is 5.73 Å². The third-order valence-corrected chi connectivity index (χ3v) is 2.99. The summed E-state index contributed by atoms with van der Waals surface area (Å²) >= 11 is 0. The Kier molecular flexibility index (Phi) is 2.48. The highest BCUT2D eigenvalue weighted by Gasteiger charge is 2.11. The molecule has 3 rings (SSSR count). The largest absolute Gasteiger partial charge is 0.397 e. The SMILES string of the molecule is CCn1c(-c2ccc(N)cn2)nc2ccccc21. The fourth-order valence-corrected chi connectivity index (χ4v) is 2.13. The van der Waals surface area contributed by atoms with Crippen molar-refractivity contribution in [2.24, 2.45) is 0 Å². The molecule has 4 heteroatoms. The van der Waals surface area contributed by atoms with E-state index in [1.807, 2.05) is 30.3 Å². The molecule has 0 atom stereocenters. The first-order chi connectivity index (χ1) is 8.79. The molecule has 2 aromatic heterocycles. The number of fused-ring (bicyclic) bond motifs is 1. The lowest BCUT2D eigenvalue weighted by Gasteiger charge is -2.05. The average molecular weight is 238 g/mol. The van der Waals surface area contributed by atoms with Crippen molar-refractivity contribution in [3.8, 4) is 11.5 Å². The van der Waals surface area contributed by atoms with E-state index < -0.39 is 0 Å². The molecule has 0 bridgehead atoms. The van der Waals surface area contributed by atoms with Crippen molar-refractivity contribution in [2.75, 3.05) is 5.73 Å². The van der Waals surface area contributed by atoms with Crippen LogP contribution in [-0.2, 0) is 6.54 Å². The van der Waals surface area contributed by atoms with Crippen LogP contribution in [0.15, 0.2) is 42.6 Å². The molecule has 3 aromatic rings. The number of anilines is 1. The van der Waals surface area contributed by atoms with Crippen LogP contribution in [0.4, 0.5) is 5.69 Å². The smallest absolute Gasteiger partial charge is 0.159 e. The molecular weight excluding hydrogens is 224 g/mol. The number of aromatic nitrogens is 3. The lowest BCUT2D eigenvalue weighted by atomic mass is 10.3. The Labute approximate surface area is 105 Å². The van der Waals surface area contributed by atoms with Crippen molar-refractivity contribution in [1.82, 2.24) is 14.5 Å². The topological polar surface area (TPSA) is 56.7 Å². The zero-order chi connectivity index (χ0) is 12.5. The van der Waals surface area contributed by atoms with Gasteiger partial charge < -0.3 is 10.3 Å². The number of nitrogen functional groups attached to an aromatic ring is 1. The van der Waals surface area contributed by atoms with E-state index in [0.29, 0.717) is 5.69 Å². The van der Waals surface area contributed by atoms with Gasteiger partial charge in [0.25, 0.3) is 0 Å².